The zero-order valence-corrected chi connectivity index (χ0v) is 19.6. The smallest absolute Gasteiger partial charge is 0.295 e. The van der Waals surface area contributed by atoms with E-state index in [-0.39, 0.29) is 11.3 Å². The van der Waals surface area contributed by atoms with Gasteiger partial charge in [-0.2, -0.15) is 0 Å². The van der Waals surface area contributed by atoms with Crippen molar-refractivity contribution in [3.8, 4) is 5.75 Å². The average molecular weight is 457 g/mol. The number of hydrogen-bond donors (Lipinski definition) is 1. The highest BCUT2D eigenvalue weighted by molar-refractivity contribution is 6.46. The summed E-state index contributed by atoms with van der Waals surface area (Å²) in [5.74, 6) is -1.05. The highest BCUT2D eigenvalue weighted by atomic mass is 35.5. The molecule has 1 heterocycles. The minimum atomic E-state index is -0.692. The van der Waals surface area contributed by atoms with Crippen molar-refractivity contribution in [2.75, 3.05) is 33.8 Å². The molecule has 1 aliphatic rings. The first-order valence-corrected chi connectivity index (χ1v) is 11.0. The Morgan fingerprint density at radius 2 is 1.84 bits per heavy atom. The van der Waals surface area contributed by atoms with Crippen LogP contribution in [0.15, 0.2) is 48.0 Å². The number of aryl methyl sites for hydroxylation is 1. The molecule has 1 fully saturated rings. The van der Waals surface area contributed by atoms with E-state index in [0.717, 1.165) is 17.7 Å². The Hall–Kier alpha value is -2.83. The van der Waals surface area contributed by atoms with Crippen LogP contribution in [0.3, 0.4) is 0 Å². The van der Waals surface area contributed by atoms with E-state index in [0.29, 0.717) is 35.9 Å². The second-order valence-corrected chi connectivity index (χ2v) is 8.55. The number of amides is 1. The molecule has 2 aromatic rings. The molecule has 0 spiro atoms. The lowest BCUT2D eigenvalue weighted by molar-refractivity contribution is -0.139. The van der Waals surface area contributed by atoms with Crippen molar-refractivity contribution in [2.24, 2.45) is 0 Å². The van der Waals surface area contributed by atoms with Gasteiger partial charge in [-0.1, -0.05) is 41.4 Å². The van der Waals surface area contributed by atoms with Gasteiger partial charge < -0.3 is 19.6 Å². The van der Waals surface area contributed by atoms with Crippen molar-refractivity contribution in [3.05, 3.63) is 69.8 Å². The zero-order chi connectivity index (χ0) is 23.4. The van der Waals surface area contributed by atoms with Gasteiger partial charge in [0.05, 0.1) is 23.2 Å². The van der Waals surface area contributed by atoms with Gasteiger partial charge in [0.15, 0.2) is 0 Å². The Balaban J connectivity index is 2.08. The van der Waals surface area contributed by atoms with E-state index >= 15 is 0 Å². The molecule has 0 aromatic heterocycles. The molecule has 0 bridgehead atoms. The van der Waals surface area contributed by atoms with E-state index in [4.69, 9.17) is 16.3 Å². The summed E-state index contributed by atoms with van der Waals surface area (Å²) in [6.45, 7) is 5.46. The molecule has 1 N–H and O–H groups in total. The predicted molar refractivity (Wildman–Crippen MR) is 126 cm³/mol. The Bertz CT molecular complexity index is 1030. The molecule has 3 rings (SSSR count). The summed E-state index contributed by atoms with van der Waals surface area (Å²) < 4.78 is 5.45. The molecule has 6 nitrogen and oxygen atoms in total. The zero-order valence-electron chi connectivity index (χ0n) is 18.9. The first-order valence-electron chi connectivity index (χ1n) is 10.7. The maximum atomic E-state index is 13.1. The number of carbonyl (C=O) groups is 2. The van der Waals surface area contributed by atoms with Crippen LogP contribution in [0.2, 0.25) is 5.02 Å². The molecule has 0 aliphatic carbocycles. The molecule has 0 unspecified atom stereocenters. The van der Waals surface area contributed by atoms with Crippen molar-refractivity contribution in [3.63, 3.8) is 0 Å². The van der Waals surface area contributed by atoms with Gasteiger partial charge in [0, 0.05) is 12.1 Å². The van der Waals surface area contributed by atoms with E-state index in [1.54, 1.807) is 23.1 Å². The largest absolute Gasteiger partial charge is 0.507 e. The summed E-state index contributed by atoms with van der Waals surface area (Å²) in [5.41, 5.74) is 2.28. The molecular weight excluding hydrogens is 428 g/mol. The highest BCUT2D eigenvalue weighted by Crippen LogP contribution is 2.40. The number of benzene rings is 2. The van der Waals surface area contributed by atoms with Crippen molar-refractivity contribution >= 4 is 29.1 Å². The number of Topliss-reactive ketones (excluding diaryl/α,β-unsaturated/α-hetero) is 1. The fourth-order valence-electron chi connectivity index (χ4n) is 3.84. The SMILES string of the molecule is CCOc1ccc(/C(O)=C2\C(=O)C(=O)N(CCCN(C)C)[C@@H]2c2ccc(C)cc2)cc1Cl. The van der Waals surface area contributed by atoms with Gasteiger partial charge in [-0.25, -0.2) is 0 Å². The third kappa shape index (κ3) is 4.97. The van der Waals surface area contributed by atoms with Gasteiger partial charge in [0.2, 0.25) is 0 Å². The quantitative estimate of drug-likeness (QED) is 0.361. The highest BCUT2D eigenvalue weighted by Gasteiger charge is 2.45. The minimum Gasteiger partial charge on any atom is -0.507 e. The van der Waals surface area contributed by atoms with Crippen molar-refractivity contribution in [1.29, 1.82) is 0 Å². The number of halogens is 1. The summed E-state index contributed by atoms with van der Waals surface area (Å²) >= 11 is 6.30. The molecule has 0 saturated carbocycles. The van der Waals surface area contributed by atoms with E-state index in [2.05, 4.69) is 0 Å². The maximum absolute atomic E-state index is 13.1. The summed E-state index contributed by atoms with van der Waals surface area (Å²) in [6, 6.07) is 11.8. The molecule has 1 aliphatic heterocycles. The lowest BCUT2D eigenvalue weighted by atomic mass is 9.94. The lowest BCUT2D eigenvalue weighted by Gasteiger charge is -2.26. The van der Waals surface area contributed by atoms with Crippen molar-refractivity contribution in [1.82, 2.24) is 9.80 Å². The Labute approximate surface area is 194 Å². The second kappa shape index (κ2) is 10.2. The Kier molecular flexibility index (Phi) is 7.59. The number of hydrogen-bond acceptors (Lipinski definition) is 5. The van der Waals surface area contributed by atoms with Crippen LogP contribution in [0.1, 0.15) is 36.1 Å². The van der Waals surface area contributed by atoms with Crippen LogP contribution in [-0.2, 0) is 9.59 Å². The minimum absolute atomic E-state index is 0.0731. The molecule has 7 heteroatoms. The monoisotopic (exact) mass is 456 g/mol. The number of rotatable bonds is 8. The number of likely N-dealkylation sites (tertiary alicyclic amines) is 1. The normalized spacial score (nSPS) is 17.9. The van der Waals surface area contributed by atoms with Gasteiger partial charge in [0.1, 0.15) is 11.5 Å². The molecule has 170 valence electrons. The third-order valence-electron chi connectivity index (χ3n) is 5.44. The van der Waals surface area contributed by atoms with Gasteiger partial charge in [0.25, 0.3) is 11.7 Å². The van der Waals surface area contributed by atoms with Crippen LogP contribution in [0.4, 0.5) is 0 Å². The molecule has 2 aromatic carbocycles. The molecule has 32 heavy (non-hydrogen) atoms. The van der Waals surface area contributed by atoms with Crippen molar-refractivity contribution < 1.29 is 19.4 Å². The summed E-state index contributed by atoms with van der Waals surface area (Å²) in [4.78, 5) is 29.6. The van der Waals surface area contributed by atoms with E-state index < -0.39 is 17.7 Å². The van der Waals surface area contributed by atoms with E-state index in [1.807, 2.05) is 57.1 Å². The van der Waals surface area contributed by atoms with Crippen molar-refractivity contribution in [2.45, 2.75) is 26.3 Å². The van der Waals surface area contributed by atoms with Crippen LogP contribution in [0.5, 0.6) is 5.75 Å². The lowest BCUT2D eigenvalue weighted by Crippen LogP contribution is -2.32. The number of aliphatic hydroxyl groups is 1. The first kappa shape index (κ1) is 23.8. The summed E-state index contributed by atoms with van der Waals surface area (Å²) in [7, 11) is 3.92. The molecule has 0 radical (unpaired) electrons. The average Bonchev–Trinajstić information content (AvgIpc) is 3.00. The van der Waals surface area contributed by atoms with Gasteiger partial charge in [-0.15, -0.1) is 0 Å². The maximum Gasteiger partial charge on any atom is 0.295 e. The summed E-state index contributed by atoms with van der Waals surface area (Å²) in [6.07, 6.45) is 0.706. The summed E-state index contributed by atoms with van der Waals surface area (Å²) in [5, 5.41) is 11.5. The standard InChI is InChI=1S/C25H29ClN2O4/c1-5-32-20-12-11-18(15-19(20)26)23(29)21-22(17-9-7-16(2)8-10-17)28(25(31)24(21)30)14-6-13-27(3)4/h7-12,15,22,29H,5-6,13-14H2,1-4H3/b23-21+/t22-/m1/s1. The van der Waals surface area contributed by atoms with Gasteiger partial charge in [-0.05, 0) is 64.7 Å². The molecule has 1 saturated heterocycles. The number of nitrogens with zero attached hydrogens (tertiary/aromatic N) is 2. The number of ether oxygens (including phenoxy) is 1. The van der Waals surface area contributed by atoms with Gasteiger partial charge in [-0.3, -0.25) is 9.59 Å². The second-order valence-electron chi connectivity index (χ2n) is 8.14. The third-order valence-corrected chi connectivity index (χ3v) is 5.74. The number of ketones is 1. The van der Waals surface area contributed by atoms with E-state index in [9.17, 15) is 14.7 Å². The van der Waals surface area contributed by atoms with Crippen LogP contribution in [-0.4, -0.2) is 60.4 Å². The van der Waals surface area contributed by atoms with E-state index in [1.165, 1.54) is 0 Å². The van der Waals surface area contributed by atoms with Crippen LogP contribution in [0, 0.1) is 6.92 Å². The van der Waals surface area contributed by atoms with Crippen LogP contribution >= 0.6 is 11.6 Å². The van der Waals surface area contributed by atoms with Crippen LogP contribution < -0.4 is 4.74 Å². The Morgan fingerprint density at radius 3 is 2.44 bits per heavy atom. The number of aliphatic hydroxyl groups excluding tert-OH is 1. The fourth-order valence-corrected chi connectivity index (χ4v) is 4.07. The molecular formula is C25H29ClN2O4. The number of carbonyl (C=O) groups excluding carboxylic acids is 2. The first-order chi connectivity index (χ1) is 15.2. The molecule has 1 atom stereocenters. The van der Waals surface area contributed by atoms with Crippen LogP contribution in [0.25, 0.3) is 5.76 Å². The topological polar surface area (TPSA) is 70.1 Å². The molecule has 1 amide bonds. The van der Waals surface area contributed by atoms with Gasteiger partial charge >= 0.3 is 0 Å². The predicted octanol–water partition coefficient (Wildman–Crippen LogP) is 4.42. The fraction of sp³-hybridized carbons (Fsp3) is 0.360. The Morgan fingerprint density at radius 1 is 1.16 bits per heavy atom.